The molecule has 0 aliphatic rings. The number of hydrogen-bond donors (Lipinski definition) is 3. The van der Waals surface area contributed by atoms with Crippen molar-refractivity contribution in [1.29, 1.82) is 0 Å². The van der Waals surface area contributed by atoms with Gasteiger partial charge in [0.1, 0.15) is 0 Å². The lowest BCUT2D eigenvalue weighted by Gasteiger charge is -2.18. The molecule has 7 heteroatoms. The van der Waals surface area contributed by atoms with E-state index >= 15 is 0 Å². The molecule has 0 amide bonds. The van der Waals surface area contributed by atoms with Gasteiger partial charge in [-0.1, -0.05) is 26.0 Å². The fourth-order valence-corrected chi connectivity index (χ4v) is 3.22. The van der Waals surface area contributed by atoms with E-state index in [9.17, 15) is 18.3 Å². The van der Waals surface area contributed by atoms with E-state index in [2.05, 4.69) is 4.72 Å². The Labute approximate surface area is 124 Å². The second-order valence-corrected chi connectivity index (χ2v) is 7.06. The van der Waals surface area contributed by atoms with Crippen LogP contribution in [-0.2, 0) is 21.2 Å². The Bertz CT molecular complexity index is 566. The van der Waals surface area contributed by atoms with Gasteiger partial charge in [0.15, 0.2) is 0 Å². The molecule has 0 heterocycles. The molecule has 118 valence electrons. The summed E-state index contributed by atoms with van der Waals surface area (Å²) in [4.78, 5) is 10.6. The summed E-state index contributed by atoms with van der Waals surface area (Å²) in [6.07, 6.45) is 0.382. The van der Waals surface area contributed by atoms with Crippen LogP contribution in [0.25, 0.3) is 0 Å². The number of hydrogen-bond acceptors (Lipinski definition) is 4. The molecule has 0 aromatic heterocycles. The van der Waals surface area contributed by atoms with Crippen LogP contribution in [0.1, 0.15) is 25.8 Å². The van der Waals surface area contributed by atoms with Crippen LogP contribution < -0.4 is 4.72 Å². The normalized spacial score (nSPS) is 13.3. The lowest BCUT2D eigenvalue weighted by atomic mass is 10.1. The Kier molecular flexibility index (Phi) is 6.32. The molecule has 1 aromatic carbocycles. The molecular formula is C14H21NO5S. The monoisotopic (exact) mass is 315 g/mol. The van der Waals surface area contributed by atoms with E-state index in [1.54, 1.807) is 0 Å². The molecule has 1 rings (SSSR count). The first-order valence-corrected chi connectivity index (χ1v) is 8.17. The average Bonchev–Trinajstić information content (AvgIpc) is 2.37. The van der Waals surface area contributed by atoms with E-state index in [1.165, 1.54) is 24.3 Å². The summed E-state index contributed by atoms with van der Waals surface area (Å²) in [5.41, 5.74) is 0.530. The number of sulfonamides is 1. The van der Waals surface area contributed by atoms with E-state index in [0.29, 0.717) is 12.0 Å². The molecule has 0 fully saturated rings. The molecule has 1 unspecified atom stereocenters. The quantitative estimate of drug-likeness (QED) is 0.664. The van der Waals surface area contributed by atoms with E-state index in [0.717, 1.165) is 0 Å². The molecule has 0 radical (unpaired) electrons. The van der Waals surface area contributed by atoms with Crippen molar-refractivity contribution in [3.63, 3.8) is 0 Å². The van der Waals surface area contributed by atoms with Crippen LogP contribution >= 0.6 is 0 Å². The zero-order valence-corrected chi connectivity index (χ0v) is 12.9. The number of aliphatic carboxylic acids is 1. The van der Waals surface area contributed by atoms with Crippen molar-refractivity contribution in [3.8, 4) is 0 Å². The molecular weight excluding hydrogens is 294 g/mol. The van der Waals surface area contributed by atoms with Crippen molar-refractivity contribution in [1.82, 2.24) is 4.72 Å². The highest BCUT2D eigenvalue weighted by Gasteiger charge is 2.20. The van der Waals surface area contributed by atoms with Gasteiger partial charge in [-0.3, -0.25) is 4.79 Å². The van der Waals surface area contributed by atoms with Crippen LogP contribution in [0.4, 0.5) is 0 Å². The Hall–Kier alpha value is -1.44. The van der Waals surface area contributed by atoms with E-state index in [4.69, 9.17) is 5.11 Å². The minimum Gasteiger partial charge on any atom is -0.481 e. The van der Waals surface area contributed by atoms with Gasteiger partial charge in [-0.25, -0.2) is 13.1 Å². The zero-order chi connectivity index (χ0) is 16.0. The number of rotatable bonds is 8. The third-order valence-electron chi connectivity index (χ3n) is 2.89. The largest absolute Gasteiger partial charge is 0.481 e. The van der Waals surface area contributed by atoms with E-state index in [1.807, 2.05) is 13.8 Å². The van der Waals surface area contributed by atoms with Gasteiger partial charge in [-0.15, -0.1) is 0 Å². The summed E-state index contributed by atoms with van der Waals surface area (Å²) in [5, 5.41) is 17.9. The van der Waals surface area contributed by atoms with Gasteiger partial charge in [-0.05, 0) is 30.0 Å². The predicted molar refractivity (Wildman–Crippen MR) is 78.4 cm³/mol. The molecule has 0 saturated heterocycles. The van der Waals surface area contributed by atoms with Crippen molar-refractivity contribution in [3.05, 3.63) is 29.8 Å². The topological polar surface area (TPSA) is 104 Å². The van der Waals surface area contributed by atoms with Crippen molar-refractivity contribution >= 4 is 16.0 Å². The van der Waals surface area contributed by atoms with Crippen molar-refractivity contribution < 1.29 is 23.4 Å². The minimum atomic E-state index is -3.72. The molecule has 0 bridgehead atoms. The van der Waals surface area contributed by atoms with Crippen LogP contribution in [-0.4, -0.2) is 37.2 Å². The Morgan fingerprint density at radius 3 is 2.24 bits per heavy atom. The highest BCUT2D eigenvalue weighted by atomic mass is 32.2. The number of benzene rings is 1. The first kappa shape index (κ1) is 17.6. The van der Waals surface area contributed by atoms with Crippen LogP contribution in [0.3, 0.4) is 0 Å². The van der Waals surface area contributed by atoms with Crippen molar-refractivity contribution in [2.24, 2.45) is 5.92 Å². The molecule has 0 aliphatic carbocycles. The first-order chi connectivity index (χ1) is 9.74. The number of aliphatic hydroxyl groups is 1. The van der Waals surface area contributed by atoms with Crippen LogP contribution in [0.2, 0.25) is 0 Å². The number of aliphatic hydroxyl groups excluding tert-OH is 1. The number of carbonyl (C=O) groups is 1. The summed E-state index contributed by atoms with van der Waals surface area (Å²) in [5.74, 6) is -0.719. The molecule has 1 atom stereocenters. The fourth-order valence-electron chi connectivity index (χ4n) is 1.98. The predicted octanol–water partition coefficient (Wildman–Crippen LogP) is 0.999. The highest BCUT2D eigenvalue weighted by molar-refractivity contribution is 7.89. The SMILES string of the molecule is CC(C)CC(CO)NS(=O)(=O)c1ccc(CC(=O)O)cc1. The summed E-state index contributed by atoms with van der Waals surface area (Å²) in [7, 11) is -3.72. The minimum absolute atomic E-state index is 0.0545. The maximum absolute atomic E-state index is 12.2. The fraction of sp³-hybridized carbons (Fsp3) is 0.500. The third kappa shape index (κ3) is 5.82. The van der Waals surface area contributed by atoms with Gasteiger partial charge >= 0.3 is 5.97 Å². The van der Waals surface area contributed by atoms with Crippen LogP contribution in [0.5, 0.6) is 0 Å². The lowest BCUT2D eigenvalue weighted by molar-refractivity contribution is -0.136. The molecule has 1 aromatic rings. The Morgan fingerprint density at radius 2 is 1.81 bits per heavy atom. The summed E-state index contributed by atoms with van der Waals surface area (Å²) in [6.45, 7) is 3.61. The molecule has 0 spiro atoms. The second kappa shape index (κ2) is 7.53. The average molecular weight is 315 g/mol. The van der Waals surface area contributed by atoms with Gasteiger partial charge in [-0.2, -0.15) is 0 Å². The third-order valence-corrected chi connectivity index (χ3v) is 4.42. The van der Waals surface area contributed by atoms with Gasteiger partial charge in [0.2, 0.25) is 10.0 Å². The van der Waals surface area contributed by atoms with Gasteiger partial charge < -0.3 is 10.2 Å². The number of nitrogens with one attached hydrogen (secondary N) is 1. The van der Waals surface area contributed by atoms with E-state index in [-0.39, 0.29) is 23.8 Å². The summed E-state index contributed by atoms with van der Waals surface area (Å²) in [6, 6.07) is 5.14. The molecule has 0 saturated carbocycles. The van der Waals surface area contributed by atoms with E-state index < -0.39 is 22.0 Å². The number of carboxylic acids is 1. The molecule has 6 nitrogen and oxygen atoms in total. The van der Waals surface area contributed by atoms with Gasteiger partial charge in [0.25, 0.3) is 0 Å². The summed E-state index contributed by atoms with van der Waals surface area (Å²) >= 11 is 0. The number of carboxylic acid groups (broad SMARTS) is 1. The molecule has 0 aliphatic heterocycles. The molecule has 3 N–H and O–H groups in total. The van der Waals surface area contributed by atoms with Crippen molar-refractivity contribution in [2.75, 3.05) is 6.61 Å². The van der Waals surface area contributed by atoms with Gasteiger partial charge in [0, 0.05) is 6.04 Å². The van der Waals surface area contributed by atoms with Gasteiger partial charge in [0.05, 0.1) is 17.9 Å². The Morgan fingerprint density at radius 1 is 1.24 bits per heavy atom. The second-order valence-electron chi connectivity index (χ2n) is 5.34. The zero-order valence-electron chi connectivity index (χ0n) is 12.1. The van der Waals surface area contributed by atoms with Crippen LogP contribution in [0, 0.1) is 5.92 Å². The Balaban J connectivity index is 2.84. The smallest absolute Gasteiger partial charge is 0.307 e. The van der Waals surface area contributed by atoms with Crippen molar-refractivity contribution in [2.45, 2.75) is 37.6 Å². The molecule has 21 heavy (non-hydrogen) atoms. The maximum atomic E-state index is 12.2. The standard InChI is InChI=1S/C14H21NO5S/c1-10(2)7-12(9-16)15-21(19,20)13-5-3-11(4-6-13)8-14(17)18/h3-6,10,12,15-16H,7-9H2,1-2H3,(H,17,18). The summed E-state index contributed by atoms with van der Waals surface area (Å²) < 4.78 is 26.8. The maximum Gasteiger partial charge on any atom is 0.307 e. The lowest BCUT2D eigenvalue weighted by Crippen LogP contribution is -2.38. The highest BCUT2D eigenvalue weighted by Crippen LogP contribution is 2.13. The first-order valence-electron chi connectivity index (χ1n) is 6.68. The van der Waals surface area contributed by atoms with Crippen LogP contribution in [0.15, 0.2) is 29.2 Å².